The van der Waals surface area contributed by atoms with Crippen molar-refractivity contribution in [2.45, 2.75) is 38.6 Å². The Labute approximate surface area is 125 Å². The third-order valence-corrected chi connectivity index (χ3v) is 5.41. The van der Waals surface area contributed by atoms with Crippen molar-refractivity contribution >= 4 is 16.0 Å². The van der Waals surface area contributed by atoms with Gasteiger partial charge in [0.05, 0.1) is 5.56 Å². The first-order chi connectivity index (χ1) is 9.86. The summed E-state index contributed by atoms with van der Waals surface area (Å²) in [6, 6.07) is 2.50. The number of hydrogen-bond donors (Lipinski definition) is 1. The maximum atomic E-state index is 12.5. The molecule has 6 nitrogen and oxygen atoms in total. The van der Waals surface area contributed by atoms with Crippen LogP contribution in [0.1, 0.15) is 44.0 Å². The van der Waals surface area contributed by atoms with Crippen LogP contribution in [0.3, 0.4) is 0 Å². The SMILES string of the molecule is CCC(CC)CN(CC)S(=O)(=O)c1ccc(C(=O)O)cn1. The lowest BCUT2D eigenvalue weighted by atomic mass is 10.0. The average molecular weight is 314 g/mol. The van der Waals surface area contributed by atoms with Gasteiger partial charge in [0.1, 0.15) is 0 Å². The average Bonchev–Trinajstić information content (AvgIpc) is 2.48. The highest BCUT2D eigenvalue weighted by molar-refractivity contribution is 7.89. The van der Waals surface area contributed by atoms with Crippen LogP contribution in [0.25, 0.3) is 0 Å². The Hall–Kier alpha value is -1.47. The van der Waals surface area contributed by atoms with Crippen molar-refractivity contribution in [1.29, 1.82) is 0 Å². The van der Waals surface area contributed by atoms with Gasteiger partial charge in [-0.2, -0.15) is 4.31 Å². The monoisotopic (exact) mass is 314 g/mol. The normalized spacial score (nSPS) is 12.0. The molecule has 0 amide bonds. The lowest BCUT2D eigenvalue weighted by Gasteiger charge is -2.24. The molecule has 0 saturated carbocycles. The summed E-state index contributed by atoms with van der Waals surface area (Å²) in [5.74, 6) is -0.825. The molecule has 7 heteroatoms. The van der Waals surface area contributed by atoms with Crippen molar-refractivity contribution in [2.75, 3.05) is 13.1 Å². The minimum atomic E-state index is -3.68. The number of carboxylic acids is 1. The lowest BCUT2D eigenvalue weighted by molar-refractivity contribution is 0.0696. The molecule has 0 aliphatic rings. The minimum Gasteiger partial charge on any atom is -0.478 e. The number of carbonyl (C=O) groups is 1. The number of aromatic carboxylic acids is 1. The van der Waals surface area contributed by atoms with Gasteiger partial charge in [-0.1, -0.05) is 33.6 Å². The first-order valence-electron chi connectivity index (χ1n) is 7.06. The van der Waals surface area contributed by atoms with Crippen LogP contribution in [0.5, 0.6) is 0 Å². The molecular weight excluding hydrogens is 292 g/mol. The molecule has 0 aliphatic heterocycles. The predicted molar refractivity (Wildman–Crippen MR) is 79.7 cm³/mol. The molecule has 0 bridgehead atoms. The number of rotatable bonds is 8. The van der Waals surface area contributed by atoms with Crippen molar-refractivity contribution in [1.82, 2.24) is 9.29 Å². The maximum Gasteiger partial charge on any atom is 0.337 e. The molecule has 0 saturated heterocycles. The number of pyridine rings is 1. The van der Waals surface area contributed by atoms with E-state index in [9.17, 15) is 13.2 Å². The topological polar surface area (TPSA) is 87.6 Å². The Kier molecular flexibility index (Phi) is 6.29. The van der Waals surface area contributed by atoms with Gasteiger partial charge < -0.3 is 5.11 Å². The fourth-order valence-corrected chi connectivity index (χ4v) is 3.46. The van der Waals surface area contributed by atoms with Crippen LogP contribution in [0, 0.1) is 5.92 Å². The Bertz CT molecular complexity index is 565. The zero-order valence-corrected chi connectivity index (χ0v) is 13.4. The van der Waals surface area contributed by atoms with Crippen LogP contribution >= 0.6 is 0 Å². The smallest absolute Gasteiger partial charge is 0.337 e. The summed E-state index contributed by atoms with van der Waals surface area (Å²) in [5, 5.41) is 8.71. The van der Waals surface area contributed by atoms with E-state index in [1.165, 1.54) is 16.4 Å². The van der Waals surface area contributed by atoms with E-state index < -0.39 is 16.0 Å². The van der Waals surface area contributed by atoms with E-state index in [0.717, 1.165) is 19.0 Å². The van der Waals surface area contributed by atoms with Gasteiger partial charge in [0.15, 0.2) is 5.03 Å². The van der Waals surface area contributed by atoms with Gasteiger partial charge in [-0.05, 0) is 18.1 Å². The van der Waals surface area contributed by atoms with Crippen molar-refractivity contribution in [2.24, 2.45) is 5.92 Å². The third-order valence-electron chi connectivity index (χ3n) is 3.56. The Balaban J connectivity index is 3.03. The third kappa shape index (κ3) is 4.25. The summed E-state index contributed by atoms with van der Waals surface area (Å²) < 4.78 is 26.5. The zero-order chi connectivity index (χ0) is 16.0. The van der Waals surface area contributed by atoms with Gasteiger partial charge in [0.25, 0.3) is 10.0 Å². The molecule has 0 unspecified atom stereocenters. The van der Waals surface area contributed by atoms with Gasteiger partial charge in [-0.25, -0.2) is 18.2 Å². The second kappa shape index (κ2) is 7.51. The number of sulfonamides is 1. The van der Waals surface area contributed by atoms with E-state index in [-0.39, 0.29) is 10.6 Å². The molecule has 0 spiro atoms. The molecule has 1 aromatic rings. The summed E-state index contributed by atoms with van der Waals surface area (Å²) in [7, 11) is -3.68. The molecule has 1 heterocycles. The lowest BCUT2D eigenvalue weighted by Crippen LogP contribution is -2.35. The van der Waals surface area contributed by atoms with Gasteiger partial charge in [0, 0.05) is 19.3 Å². The summed E-state index contributed by atoms with van der Waals surface area (Å²) in [5.41, 5.74) is -0.0306. The standard InChI is InChI=1S/C14H22N2O4S/c1-4-11(5-2)10-16(6-3)21(19,20)13-8-7-12(9-15-13)14(17)18/h7-9,11H,4-6,10H2,1-3H3,(H,17,18). The van der Waals surface area contributed by atoms with Crippen LogP contribution in [0.15, 0.2) is 23.4 Å². The molecule has 1 N–H and O–H groups in total. The van der Waals surface area contributed by atoms with Gasteiger partial charge >= 0.3 is 5.97 Å². The summed E-state index contributed by atoms with van der Waals surface area (Å²) in [6.07, 6.45) is 2.89. The molecule has 21 heavy (non-hydrogen) atoms. The molecular formula is C14H22N2O4S. The summed E-state index contributed by atoms with van der Waals surface area (Å²) in [6.45, 7) is 6.67. The van der Waals surface area contributed by atoms with Crippen LogP contribution in [-0.4, -0.2) is 41.9 Å². The van der Waals surface area contributed by atoms with Gasteiger partial charge in [-0.15, -0.1) is 0 Å². The largest absolute Gasteiger partial charge is 0.478 e. The molecule has 0 fully saturated rings. The van der Waals surface area contributed by atoms with Crippen molar-refractivity contribution in [3.63, 3.8) is 0 Å². The molecule has 1 rings (SSSR count). The molecule has 0 atom stereocenters. The first-order valence-corrected chi connectivity index (χ1v) is 8.50. The van der Waals surface area contributed by atoms with E-state index in [1.807, 2.05) is 13.8 Å². The molecule has 1 aromatic heterocycles. The Morgan fingerprint density at radius 2 is 1.90 bits per heavy atom. The number of aromatic nitrogens is 1. The molecule has 0 aliphatic carbocycles. The van der Waals surface area contributed by atoms with E-state index in [4.69, 9.17) is 5.11 Å². The highest BCUT2D eigenvalue weighted by atomic mass is 32.2. The Morgan fingerprint density at radius 1 is 1.29 bits per heavy atom. The molecule has 0 aromatic carbocycles. The first kappa shape index (κ1) is 17.6. The second-order valence-electron chi connectivity index (χ2n) is 4.83. The Morgan fingerprint density at radius 3 is 2.29 bits per heavy atom. The van der Waals surface area contributed by atoms with Crippen LogP contribution in [0.4, 0.5) is 0 Å². The minimum absolute atomic E-state index is 0.0306. The van der Waals surface area contributed by atoms with Crippen LogP contribution in [0.2, 0.25) is 0 Å². The van der Waals surface area contributed by atoms with Gasteiger partial charge in [0.2, 0.25) is 0 Å². The van der Waals surface area contributed by atoms with E-state index >= 15 is 0 Å². The number of nitrogens with zero attached hydrogens (tertiary/aromatic N) is 2. The van der Waals surface area contributed by atoms with Crippen LogP contribution in [-0.2, 0) is 10.0 Å². The number of carboxylic acid groups (broad SMARTS) is 1. The zero-order valence-electron chi connectivity index (χ0n) is 12.6. The van der Waals surface area contributed by atoms with Crippen LogP contribution < -0.4 is 0 Å². The number of hydrogen-bond acceptors (Lipinski definition) is 4. The van der Waals surface area contributed by atoms with Crippen molar-refractivity contribution in [3.8, 4) is 0 Å². The maximum absolute atomic E-state index is 12.5. The van der Waals surface area contributed by atoms with Gasteiger partial charge in [-0.3, -0.25) is 0 Å². The van der Waals surface area contributed by atoms with E-state index in [1.54, 1.807) is 6.92 Å². The second-order valence-corrected chi connectivity index (χ2v) is 6.71. The van der Waals surface area contributed by atoms with Crippen molar-refractivity contribution in [3.05, 3.63) is 23.9 Å². The fourth-order valence-electron chi connectivity index (χ4n) is 2.02. The fraction of sp³-hybridized carbons (Fsp3) is 0.571. The highest BCUT2D eigenvalue weighted by Gasteiger charge is 2.26. The highest BCUT2D eigenvalue weighted by Crippen LogP contribution is 2.18. The van der Waals surface area contributed by atoms with E-state index in [0.29, 0.717) is 19.0 Å². The summed E-state index contributed by atoms with van der Waals surface area (Å²) in [4.78, 5) is 14.6. The van der Waals surface area contributed by atoms with Crippen molar-refractivity contribution < 1.29 is 18.3 Å². The van der Waals surface area contributed by atoms with E-state index in [2.05, 4.69) is 4.98 Å². The molecule has 118 valence electrons. The predicted octanol–water partition coefficient (Wildman–Crippen LogP) is 2.23. The quantitative estimate of drug-likeness (QED) is 0.795. The summed E-state index contributed by atoms with van der Waals surface area (Å²) >= 11 is 0. The molecule has 0 radical (unpaired) electrons.